The van der Waals surface area contributed by atoms with Crippen LogP contribution in [0.25, 0.3) is 21.0 Å². The summed E-state index contributed by atoms with van der Waals surface area (Å²) < 4.78 is 11.1. The zero-order valence-corrected chi connectivity index (χ0v) is 12.8. The molecule has 1 fully saturated rings. The van der Waals surface area contributed by atoms with Crippen LogP contribution in [-0.4, -0.2) is 19.3 Å². The van der Waals surface area contributed by atoms with Crippen molar-refractivity contribution in [1.29, 1.82) is 0 Å². The van der Waals surface area contributed by atoms with Gasteiger partial charge in [-0.1, -0.05) is 50.2 Å². The maximum atomic E-state index is 5.91. The summed E-state index contributed by atoms with van der Waals surface area (Å²) in [6.45, 7) is 5.51. The number of fused-ring (bicyclic) bond motifs is 3. The Hall–Kier alpha value is -1.50. The smallest absolute Gasteiger partial charge is 0.128 e. The molecule has 0 bridgehead atoms. The first kappa shape index (κ1) is 13.5. The molecule has 20 heavy (non-hydrogen) atoms. The summed E-state index contributed by atoms with van der Waals surface area (Å²) in [7, 11) is 0.751. The number of hydrogen-bond acceptors (Lipinski definition) is 2. The van der Waals surface area contributed by atoms with Crippen LogP contribution in [0, 0.1) is 0 Å². The number of epoxide rings is 1. The molecule has 2 aromatic carbocycles. The van der Waals surface area contributed by atoms with Gasteiger partial charge in [-0.05, 0) is 16.6 Å². The molecule has 104 valence electrons. The van der Waals surface area contributed by atoms with Gasteiger partial charge >= 0.3 is 0 Å². The van der Waals surface area contributed by atoms with Crippen LogP contribution in [0.2, 0.25) is 0 Å². The minimum atomic E-state index is 0.306. The second-order valence-corrected chi connectivity index (χ2v) is 5.94. The Labute approximate surface area is 120 Å². The van der Waals surface area contributed by atoms with E-state index in [1.54, 1.807) is 0 Å². The first-order chi connectivity index (χ1) is 9.92. The van der Waals surface area contributed by atoms with E-state index in [0.29, 0.717) is 12.7 Å². The molecule has 4 rings (SSSR count). The van der Waals surface area contributed by atoms with Crippen LogP contribution in [0.15, 0.2) is 42.5 Å². The maximum absolute atomic E-state index is 5.91. The Morgan fingerprint density at radius 3 is 2.65 bits per heavy atom. The molecule has 0 amide bonds. The fourth-order valence-electron chi connectivity index (χ4n) is 2.34. The zero-order chi connectivity index (χ0) is 13.9. The van der Waals surface area contributed by atoms with Crippen LogP contribution in [-0.2, 0) is 4.74 Å². The highest BCUT2D eigenvalue weighted by Crippen LogP contribution is 2.42. The first-order valence-electron chi connectivity index (χ1n) is 7.16. The molecular weight excluding hydrogens is 267 g/mol. The predicted octanol–water partition coefficient (Wildman–Crippen LogP) is 4.83. The Bertz CT molecular complexity index is 713. The molecule has 0 N–H and O–H groups in total. The predicted molar refractivity (Wildman–Crippen MR) is 87.5 cm³/mol. The molecule has 2 heterocycles. The van der Waals surface area contributed by atoms with E-state index in [9.17, 15) is 0 Å². The van der Waals surface area contributed by atoms with Gasteiger partial charge < -0.3 is 9.47 Å². The quantitative estimate of drug-likeness (QED) is 0.643. The molecule has 1 saturated heterocycles. The van der Waals surface area contributed by atoms with E-state index in [0.717, 1.165) is 20.5 Å². The average Bonchev–Trinajstić information content (AvgIpc) is 3.26. The highest BCUT2D eigenvalue weighted by Gasteiger charge is 2.23. The third-order valence-corrected chi connectivity index (χ3v) is 4.71. The van der Waals surface area contributed by atoms with Crippen LogP contribution in [0.5, 0.6) is 5.75 Å². The van der Waals surface area contributed by atoms with Gasteiger partial charge in [0.15, 0.2) is 0 Å². The van der Waals surface area contributed by atoms with Crippen molar-refractivity contribution >= 4 is 29.2 Å². The van der Waals surface area contributed by atoms with Gasteiger partial charge in [-0.2, -0.15) is 0 Å². The minimum Gasteiger partial charge on any atom is -0.490 e. The molecule has 2 nitrogen and oxygen atoms in total. The minimum absolute atomic E-state index is 0.306. The highest BCUT2D eigenvalue weighted by molar-refractivity contribution is 7.44. The molecule has 0 aliphatic carbocycles. The van der Waals surface area contributed by atoms with Gasteiger partial charge in [-0.15, -0.1) is 8.19 Å². The monoisotopic (exact) mass is 286 g/mol. The van der Waals surface area contributed by atoms with Gasteiger partial charge in [0.05, 0.1) is 6.61 Å². The molecule has 1 aliphatic heterocycles. The van der Waals surface area contributed by atoms with Crippen LogP contribution in [0.4, 0.5) is 0 Å². The highest BCUT2D eigenvalue weighted by atomic mass is 31.0. The average molecular weight is 286 g/mol. The summed E-state index contributed by atoms with van der Waals surface area (Å²) in [6.07, 6.45) is 0.306. The van der Waals surface area contributed by atoms with Crippen molar-refractivity contribution in [1.82, 2.24) is 0 Å². The molecule has 2 unspecified atom stereocenters. The molecule has 1 aliphatic rings. The number of hydrogen-bond donors (Lipinski definition) is 0. The van der Waals surface area contributed by atoms with Gasteiger partial charge in [-0.25, -0.2) is 0 Å². The summed E-state index contributed by atoms with van der Waals surface area (Å²) in [6, 6.07) is 15.0. The summed E-state index contributed by atoms with van der Waals surface area (Å²) >= 11 is 0. The topological polar surface area (TPSA) is 21.8 Å². The second-order valence-electron chi connectivity index (χ2n) is 4.62. The third-order valence-electron chi connectivity index (χ3n) is 3.32. The third kappa shape index (κ3) is 2.54. The van der Waals surface area contributed by atoms with Gasteiger partial charge in [0.1, 0.15) is 18.5 Å². The lowest BCUT2D eigenvalue weighted by atomic mass is 10.1. The Kier molecular flexibility index (Phi) is 3.95. The maximum Gasteiger partial charge on any atom is 0.128 e. The lowest BCUT2D eigenvalue weighted by Crippen LogP contribution is -2.03. The van der Waals surface area contributed by atoms with Crippen molar-refractivity contribution in [2.24, 2.45) is 0 Å². The van der Waals surface area contributed by atoms with Crippen LogP contribution in [0.1, 0.15) is 13.8 Å². The van der Waals surface area contributed by atoms with Crippen molar-refractivity contribution in [3.05, 3.63) is 42.5 Å². The molecule has 2 atom stereocenters. The standard InChI is InChI=1S/C15H13O2P.C2H6/c1-2-6-13-11(4-1)15-12(17-9-10-8-16-10)5-3-7-14(15)18-13;1-2/h1-7,10,18H,8-9H2;1-2H3. The van der Waals surface area contributed by atoms with E-state index < -0.39 is 0 Å². The van der Waals surface area contributed by atoms with Crippen molar-refractivity contribution in [3.63, 3.8) is 0 Å². The Morgan fingerprint density at radius 1 is 1.10 bits per heavy atom. The fraction of sp³-hybridized carbons (Fsp3) is 0.294. The molecule has 0 radical (unpaired) electrons. The van der Waals surface area contributed by atoms with Gasteiger partial charge in [-0.3, -0.25) is 0 Å². The molecule has 1 aromatic heterocycles. The number of benzene rings is 2. The first-order valence-corrected chi connectivity index (χ1v) is 8.16. The molecule has 0 spiro atoms. The largest absolute Gasteiger partial charge is 0.490 e. The van der Waals surface area contributed by atoms with E-state index >= 15 is 0 Å². The summed E-state index contributed by atoms with van der Waals surface area (Å²) in [5.41, 5.74) is 0. The molecular formula is C17H19O2P. The number of rotatable bonds is 3. The van der Waals surface area contributed by atoms with Crippen LogP contribution >= 0.6 is 8.19 Å². The lowest BCUT2D eigenvalue weighted by Gasteiger charge is -2.06. The van der Waals surface area contributed by atoms with E-state index in [1.165, 1.54) is 21.0 Å². The number of ether oxygens (including phenoxy) is 2. The van der Waals surface area contributed by atoms with Crippen molar-refractivity contribution < 1.29 is 9.47 Å². The fourth-order valence-corrected chi connectivity index (χ4v) is 3.71. The van der Waals surface area contributed by atoms with Crippen molar-refractivity contribution in [2.45, 2.75) is 20.0 Å². The van der Waals surface area contributed by atoms with Crippen molar-refractivity contribution in [3.8, 4) is 5.75 Å². The van der Waals surface area contributed by atoms with Crippen molar-refractivity contribution in [2.75, 3.05) is 13.2 Å². The van der Waals surface area contributed by atoms with Crippen LogP contribution in [0.3, 0.4) is 0 Å². The van der Waals surface area contributed by atoms with Crippen LogP contribution < -0.4 is 4.74 Å². The van der Waals surface area contributed by atoms with Gasteiger partial charge in [0.2, 0.25) is 0 Å². The second kappa shape index (κ2) is 5.87. The summed E-state index contributed by atoms with van der Waals surface area (Å²) in [4.78, 5) is 0. The molecule has 3 aromatic rings. The van der Waals surface area contributed by atoms with Gasteiger partial charge in [0.25, 0.3) is 0 Å². The Balaban J connectivity index is 0.000000581. The summed E-state index contributed by atoms with van der Waals surface area (Å²) in [5, 5.41) is 5.43. The zero-order valence-electron chi connectivity index (χ0n) is 11.8. The van der Waals surface area contributed by atoms with Gasteiger partial charge in [0, 0.05) is 10.5 Å². The van der Waals surface area contributed by atoms with E-state index in [1.807, 2.05) is 13.8 Å². The van der Waals surface area contributed by atoms with E-state index in [-0.39, 0.29) is 0 Å². The van der Waals surface area contributed by atoms with E-state index in [2.05, 4.69) is 42.5 Å². The molecule has 3 heteroatoms. The Morgan fingerprint density at radius 2 is 1.85 bits per heavy atom. The summed E-state index contributed by atoms with van der Waals surface area (Å²) in [5.74, 6) is 1.00. The van der Waals surface area contributed by atoms with E-state index in [4.69, 9.17) is 9.47 Å². The molecule has 0 saturated carbocycles. The lowest BCUT2D eigenvalue weighted by molar-refractivity contribution is 0.265. The SMILES string of the molecule is CC.c1ccc2c(c1)[pH]c1cccc(OCC3CO3)c12. The normalized spacial score (nSPS) is 17.2.